The molecule has 2 rings (SSSR count). The molecule has 5 heteroatoms. The van der Waals surface area contributed by atoms with Crippen molar-refractivity contribution in [3.05, 3.63) is 16.6 Å². The maximum absolute atomic E-state index is 6.08. The van der Waals surface area contributed by atoms with Crippen LogP contribution in [0, 0.1) is 0 Å². The van der Waals surface area contributed by atoms with Crippen LogP contribution in [0.4, 0.5) is 0 Å². The fraction of sp³-hybridized carbons (Fsp3) is 0.667. The molecule has 0 radical (unpaired) electrons. The van der Waals surface area contributed by atoms with E-state index in [0.29, 0.717) is 6.61 Å². The minimum Gasteiger partial charge on any atom is -0.379 e. The van der Waals surface area contributed by atoms with Crippen LogP contribution < -0.4 is 0 Å². The lowest BCUT2D eigenvalue weighted by Gasteiger charge is -2.19. The molecule has 0 amide bonds. The topological polar surface area (TPSA) is 25.4 Å². The van der Waals surface area contributed by atoms with Gasteiger partial charge in [0.05, 0.1) is 24.1 Å². The molecule has 3 nitrogen and oxygen atoms in total. The second kappa shape index (κ2) is 5.07. The van der Waals surface area contributed by atoms with Gasteiger partial charge in [0.1, 0.15) is 0 Å². The molecular formula is C9H13ClN2OS. The minimum atomic E-state index is 0.116. The van der Waals surface area contributed by atoms with Gasteiger partial charge in [0.15, 0.2) is 0 Å². The van der Waals surface area contributed by atoms with Crippen molar-refractivity contribution >= 4 is 22.9 Å². The molecule has 1 unspecified atom stereocenters. The Morgan fingerprint density at radius 3 is 3.43 bits per heavy atom. The summed E-state index contributed by atoms with van der Waals surface area (Å²) in [6.07, 6.45) is 1.92. The van der Waals surface area contributed by atoms with Crippen molar-refractivity contribution in [3.8, 4) is 0 Å². The predicted molar refractivity (Wildman–Crippen MR) is 57.9 cm³/mol. The monoisotopic (exact) mass is 232 g/mol. The van der Waals surface area contributed by atoms with Crippen molar-refractivity contribution in [2.45, 2.75) is 11.9 Å². The summed E-state index contributed by atoms with van der Waals surface area (Å²) >= 11 is 7.77. The van der Waals surface area contributed by atoms with Gasteiger partial charge < -0.3 is 4.74 Å². The molecule has 2 heterocycles. The van der Waals surface area contributed by atoms with E-state index in [4.69, 9.17) is 16.3 Å². The number of halogens is 1. The number of aromatic nitrogens is 1. The number of nitrogens with zero attached hydrogens (tertiary/aromatic N) is 2. The zero-order valence-corrected chi connectivity index (χ0v) is 9.43. The smallest absolute Gasteiger partial charge is 0.0794 e. The largest absolute Gasteiger partial charge is 0.379 e. The van der Waals surface area contributed by atoms with Gasteiger partial charge in [-0.05, 0) is 0 Å². The highest BCUT2D eigenvalue weighted by Gasteiger charge is 2.16. The fourth-order valence-corrected chi connectivity index (χ4v) is 2.43. The maximum atomic E-state index is 6.08. The van der Waals surface area contributed by atoms with Crippen LogP contribution in [0.2, 0.25) is 0 Å². The lowest BCUT2D eigenvalue weighted by molar-refractivity contribution is 0.141. The number of hydrogen-bond acceptors (Lipinski definition) is 4. The average molecular weight is 233 g/mol. The minimum absolute atomic E-state index is 0.116. The Hall–Kier alpha value is -0.160. The first kappa shape index (κ1) is 10.4. The highest BCUT2D eigenvalue weighted by Crippen LogP contribution is 2.13. The number of rotatable bonds is 2. The summed E-state index contributed by atoms with van der Waals surface area (Å²) in [4.78, 5) is 7.66. The zero-order valence-electron chi connectivity index (χ0n) is 7.86. The number of hydrogen-bond donors (Lipinski definition) is 0. The van der Waals surface area contributed by atoms with E-state index in [-0.39, 0.29) is 5.38 Å². The Kier molecular flexibility index (Phi) is 3.75. The zero-order chi connectivity index (χ0) is 9.80. The second-order valence-corrected chi connectivity index (χ2v) is 4.96. The highest BCUT2D eigenvalue weighted by atomic mass is 35.5. The van der Waals surface area contributed by atoms with Crippen molar-refractivity contribution in [2.75, 3.05) is 26.3 Å². The summed E-state index contributed by atoms with van der Waals surface area (Å²) in [7, 11) is 0. The van der Waals surface area contributed by atoms with Crippen LogP contribution in [0.5, 0.6) is 0 Å². The first-order valence-corrected chi connectivity index (χ1v) is 5.98. The third-order valence-electron chi connectivity index (χ3n) is 2.17. The predicted octanol–water partition coefficient (Wildman–Crippen LogP) is 1.58. The van der Waals surface area contributed by atoms with Crippen LogP contribution in [0.25, 0.3) is 0 Å². The summed E-state index contributed by atoms with van der Waals surface area (Å²) in [5.74, 6) is 0. The lowest BCUT2D eigenvalue weighted by Crippen LogP contribution is -2.29. The van der Waals surface area contributed by atoms with Crippen molar-refractivity contribution in [2.24, 2.45) is 0 Å². The van der Waals surface area contributed by atoms with Crippen LogP contribution in [0.3, 0.4) is 0 Å². The molecule has 1 saturated heterocycles. The van der Waals surface area contributed by atoms with Gasteiger partial charge in [0.25, 0.3) is 0 Å². The second-order valence-electron chi connectivity index (χ2n) is 3.38. The molecule has 14 heavy (non-hydrogen) atoms. The van der Waals surface area contributed by atoms with E-state index in [1.807, 2.05) is 11.7 Å². The van der Waals surface area contributed by atoms with Crippen LogP contribution in [-0.4, -0.2) is 41.6 Å². The molecule has 1 aromatic heterocycles. The molecule has 1 aliphatic rings. The third-order valence-corrected chi connectivity index (χ3v) is 3.20. The molecule has 0 spiro atoms. The van der Waals surface area contributed by atoms with E-state index < -0.39 is 0 Å². The molecule has 0 N–H and O–H groups in total. The van der Waals surface area contributed by atoms with Crippen LogP contribution >= 0.6 is 22.9 Å². The normalized spacial score (nSPS) is 24.8. The van der Waals surface area contributed by atoms with E-state index >= 15 is 0 Å². The summed E-state index contributed by atoms with van der Waals surface area (Å²) in [5, 5.41) is 0.116. The van der Waals surface area contributed by atoms with Crippen LogP contribution in [0.15, 0.2) is 11.7 Å². The van der Waals surface area contributed by atoms with Crippen molar-refractivity contribution in [1.82, 2.24) is 9.88 Å². The van der Waals surface area contributed by atoms with E-state index in [1.165, 1.54) is 4.88 Å². The van der Waals surface area contributed by atoms with Gasteiger partial charge in [-0.15, -0.1) is 22.9 Å². The first-order chi connectivity index (χ1) is 6.84. The summed E-state index contributed by atoms with van der Waals surface area (Å²) in [5.41, 5.74) is 1.86. The molecule has 1 fully saturated rings. The molecule has 0 aliphatic carbocycles. The van der Waals surface area contributed by atoms with Gasteiger partial charge >= 0.3 is 0 Å². The fourth-order valence-electron chi connectivity index (χ4n) is 1.51. The Balaban J connectivity index is 1.90. The molecule has 1 aromatic rings. The first-order valence-electron chi connectivity index (χ1n) is 4.66. The maximum Gasteiger partial charge on any atom is 0.0794 e. The molecular weight excluding hydrogens is 220 g/mol. The van der Waals surface area contributed by atoms with Crippen molar-refractivity contribution in [3.63, 3.8) is 0 Å². The Bertz CT molecular complexity index is 268. The number of alkyl halides is 1. The summed E-state index contributed by atoms with van der Waals surface area (Å²) in [6, 6.07) is 0. The molecule has 1 aliphatic heterocycles. The molecule has 1 atom stereocenters. The average Bonchev–Trinajstić information content (AvgIpc) is 2.56. The Morgan fingerprint density at radius 2 is 2.64 bits per heavy atom. The Labute approximate surface area is 92.7 Å². The van der Waals surface area contributed by atoms with E-state index in [1.54, 1.807) is 11.3 Å². The van der Waals surface area contributed by atoms with Gasteiger partial charge in [-0.1, -0.05) is 0 Å². The van der Waals surface area contributed by atoms with Crippen molar-refractivity contribution < 1.29 is 4.74 Å². The van der Waals surface area contributed by atoms with Gasteiger partial charge in [-0.2, -0.15) is 0 Å². The lowest BCUT2D eigenvalue weighted by atomic mass is 10.3. The van der Waals surface area contributed by atoms with Gasteiger partial charge in [0, 0.05) is 30.7 Å². The molecule has 0 aromatic carbocycles. The van der Waals surface area contributed by atoms with E-state index in [2.05, 4.69) is 9.88 Å². The van der Waals surface area contributed by atoms with Gasteiger partial charge in [0.2, 0.25) is 0 Å². The highest BCUT2D eigenvalue weighted by molar-refractivity contribution is 7.09. The quantitative estimate of drug-likeness (QED) is 0.724. The van der Waals surface area contributed by atoms with E-state index in [9.17, 15) is 0 Å². The van der Waals surface area contributed by atoms with Crippen LogP contribution in [0.1, 0.15) is 4.88 Å². The van der Waals surface area contributed by atoms with Crippen molar-refractivity contribution in [1.29, 1.82) is 0 Å². The number of thiazole rings is 1. The van der Waals surface area contributed by atoms with Crippen LogP contribution in [-0.2, 0) is 11.3 Å². The Morgan fingerprint density at radius 1 is 1.71 bits per heavy atom. The third kappa shape index (κ3) is 2.92. The molecule has 78 valence electrons. The summed E-state index contributed by atoms with van der Waals surface area (Å²) in [6.45, 7) is 4.25. The standard InChI is InChI=1S/C9H13ClN2OS/c10-8-4-12(1-2-13-6-8)5-9-3-11-7-14-9/h3,7-8H,1-2,4-6H2. The number of ether oxygens (including phenoxy) is 1. The summed E-state index contributed by atoms with van der Waals surface area (Å²) < 4.78 is 5.37. The SMILES string of the molecule is ClC1COCCN(Cc2cncs2)C1. The van der Waals surface area contributed by atoms with Gasteiger partial charge in [-0.25, -0.2) is 0 Å². The molecule has 0 bridgehead atoms. The van der Waals surface area contributed by atoms with Gasteiger partial charge in [-0.3, -0.25) is 9.88 Å². The molecule has 0 saturated carbocycles. The van der Waals surface area contributed by atoms with E-state index in [0.717, 1.165) is 26.2 Å².